The lowest BCUT2D eigenvalue weighted by molar-refractivity contribution is -0.153. The zero-order chi connectivity index (χ0) is 13.1. The van der Waals surface area contributed by atoms with Gasteiger partial charge in [0.2, 0.25) is 5.78 Å². The van der Waals surface area contributed by atoms with Crippen LogP contribution in [0.15, 0.2) is 0 Å². The average molecular weight is 246 g/mol. The summed E-state index contributed by atoms with van der Waals surface area (Å²) < 4.78 is 5.43. The van der Waals surface area contributed by atoms with Crippen molar-refractivity contribution in [1.82, 2.24) is 0 Å². The van der Waals surface area contributed by atoms with Gasteiger partial charge in [0.1, 0.15) is 6.61 Å². The van der Waals surface area contributed by atoms with Crippen LogP contribution in [-0.2, 0) is 18.8 Å². The van der Waals surface area contributed by atoms with Gasteiger partial charge >= 0.3 is 11.8 Å². The molecule has 0 aliphatic rings. The molecule has 16 heavy (non-hydrogen) atoms. The van der Waals surface area contributed by atoms with E-state index in [0.717, 1.165) is 0 Å². The van der Waals surface area contributed by atoms with Crippen LogP contribution in [0.3, 0.4) is 0 Å². The van der Waals surface area contributed by atoms with Gasteiger partial charge in [-0.3, -0.25) is 9.59 Å². The van der Waals surface area contributed by atoms with Crippen molar-refractivity contribution in [2.45, 2.75) is 38.9 Å². The van der Waals surface area contributed by atoms with E-state index in [0.29, 0.717) is 0 Å². The Morgan fingerprint density at radius 2 is 1.62 bits per heavy atom. The number of ketones is 2. The highest BCUT2D eigenvalue weighted by Gasteiger charge is 2.38. The molecular formula is C10H18O5Si. The topological polar surface area (TPSA) is 80.7 Å². The van der Waals surface area contributed by atoms with Crippen LogP contribution in [0.5, 0.6) is 0 Å². The van der Waals surface area contributed by atoms with Gasteiger partial charge < -0.3 is 9.53 Å². The van der Waals surface area contributed by atoms with Gasteiger partial charge in [0.25, 0.3) is 0 Å². The van der Waals surface area contributed by atoms with Crippen LogP contribution in [-0.4, -0.2) is 37.6 Å². The molecule has 0 atom stereocenters. The third-order valence-electron chi connectivity index (χ3n) is 2.82. The minimum atomic E-state index is -2.11. The Morgan fingerprint density at radius 1 is 1.19 bits per heavy atom. The first-order valence-electron chi connectivity index (χ1n) is 4.93. The van der Waals surface area contributed by atoms with Crippen molar-refractivity contribution in [2.24, 2.45) is 0 Å². The summed E-state index contributed by atoms with van der Waals surface area (Å²) in [6.07, 6.45) is 0. The standard InChI is InChI=1S/C10H18O5Si/c1-10(2,3)16(4,5)15-6-7(11)8(12)9(13)14/h6H2,1-5H3,(H,13,14). The summed E-state index contributed by atoms with van der Waals surface area (Å²) >= 11 is 0. The molecule has 0 aromatic heterocycles. The highest BCUT2D eigenvalue weighted by atomic mass is 28.4. The molecule has 0 aliphatic heterocycles. The Morgan fingerprint density at radius 3 is 1.94 bits per heavy atom. The SMILES string of the molecule is CC(C)(C)[Si](C)(C)OCC(=O)C(=O)C(=O)O. The highest BCUT2D eigenvalue weighted by Crippen LogP contribution is 2.36. The first-order chi connectivity index (χ1) is 6.99. The fourth-order valence-electron chi connectivity index (χ4n) is 0.647. The van der Waals surface area contributed by atoms with E-state index >= 15 is 0 Å². The summed E-state index contributed by atoms with van der Waals surface area (Å²) in [7, 11) is -2.11. The van der Waals surface area contributed by atoms with E-state index < -0.39 is 32.5 Å². The van der Waals surface area contributed by atoms with E-state index in [9.17, 15) is 14.4 Å². The average Bonchev–Trinajstić information content (AvgIpc) is 2.11. The van der Waals surface area contributed by atoms with Gasteiger partial charge in [0.15, 0.2) is 8.32 Å². The van der Waals surface area contributed by atoms with Gasteiger partial charge in [-0.05, 0) is 18.1 Å². The number of rotatable bonds is 5. The predicted molar refractivity (Wildman–Crippen MR) is 60.8 cm³/mol. The third kappa shape index (κ3) is 3.86. The number of hydrogen-bond donors (Lipinski definition) is 1. The lowest BCUT2D eigenvalue weighted by Crippen LogP contribution is -2.43. The van der Waals surface area contributed by atoms with Crippen molar-refractivity contribution >= 4 is 25.9 Å². The number of carbonyl (C=O) groups is 3. The zero-order valence-corrected chi connectivity index (χ0v) is 11.3. The summed E-state index contributed by atoms with van der Waals surface area (Å²) in [4.78, 5) is 32.2. The Balaban J connectivity index is 4.43. The fraction of sp³-hybridized carbons (Fsp3) is 0.700. The van der Waals surface area contributed by atoms with Crippen LogP contribution < -0.4 is 0 Å². The molecule has 0 rings (SSSR count). The smallest absolute Gasteiger partial charge is 0.380 e. The molecule has 92 valence electrons. The molecule has 0 heterocycles. The Bertz CT molecular complexity index is 314. The van der Waals surface area contributed by atoms with Crippen molar-refractivity contribution in [2.75, 3.05) is 6.61 Å². The van der Waals surface area contributed by atoms with Crippen LogP contribution in [0, 0.1) is 0 Å². The Labute approximate surface area is 95.9 Å². The van der Waals surface area contributed by atoms with Gasteiger partial charge in [-0.2, -0.15) is 0 Å². The van der Waals surface area contributed by atoms with Crippen molar-refractivity contribution in [3.05, 3.63) is 0 Å². The highest BCUT2D eigenvalue weighted by molar-refractivity contribution is 6.74. The number of hydrogen-bond acceptors (Lipinski definition) is 4. The molecule has 1 N–H and O–H groups in total. The molecule has 6 heteroatoms. The van der Waals surface area contributed by atoms with E-state index in [1.165, 1.54) is 0 Å². The van der Waals surface area contributed by atoms with Crippen LogP contribution in [0.1, 0.15) is 20.8 Å². The molecule has 0 aliphatic carbocycles. The predicted octanol–water partition coefficient (Wildman–Crippen LogP) is 1.23. The first kappa shape index (κ1) is 15.0. The second-order valence-electron chi connectivity index (χ2n) is 5.11. The second kappa shape index (κ2) is 4.88. The van der Waals surface area contributed by atoms with E-state index in [4.69, 9.17) is 9.53 Å². The molecular weight excluding hydrogens is 228 g/mol. The summed E-state index contributed by atoms with van der Waals surface area (Å²) in [6.45, 7) is 9.37. The lowest BCUT2D eigenvalue weighted by Gasteiger charge is -2.35. The van der Waals surface area contributed by atoms with Gasteiger partial charge in [-0.1, -0.05) is 20.8 Å². The summed E-state index contributed by atoms with van der Waals surface area (Å²) in [5.41, 5.74) is 0. The molecule has 0 radical (unpaired) electrons. The Hall–Kier alpha value is -1.01. The van der Waals surface area contributed by atoms with E-state index in [1.807, 2.05) is 33.9 Å². The maximum absolute atomic E-state index is 11.1. The molecule has 5 nitrogen and oxygen atoms in total. The lowest BCUT2D eigenvalue weighted by atomic mass is 10.2. The number of carbonyl (C=O) groups excluding carboxylic acids is 2. The van der Waals surface area contributed by atoms with Crippen molar-refractivity contribution < 1.29 is 23.9 Å². The summed E-state index contributed by atoms with van der Waals surface area (Å²) in [6, 6.07) is 0. The molecule has 0 aromatic carbocycles. The molecule has 0 aromatic rings. The number of aliphatic carboxylic acids is 1. The summed E-state index contributed by atoms with van der Waals surface area (Å²) in [5, 5.41) is 8.24. The van der Waals surface area contributed by atoms with Gasteiger partial charge in [0, 0.05) is 0 Å². The largest absolute Gasteiger partial charge is 0.475 e. The van der Waals surface area contributed by atoms with E-state index in [-0.39, 0.29) is 5.04 Å². The quantitative estimate of drug-likeness (QED) is 0.448. The minimum absolute atomic E-state index is 0.0838. The number of Topliss-reactive ketones (excluding diaryl/α,β-unsaturated/α-hetero) is 2. The number of carboxylic acids is 1. The van der Waals surface area contributed by atoms with Crippen molar-refractivity contribution in [3.8, 4) is 0 Å². The first-order valence-corrected chi connectivity index (χ1v) is 7.84. The van der Waals surface area contributed by atoms with Crippen LogP contribution >= 0.6 is 0 Å². The van der Waals surface area contributed by atoms with Gasteiger partial charge in [-0.15, -0.1) is 0 Å². The molecule has 0 unspecified atom stereocenters. The van der Waals surface area contributed by atoms with Crippen LogP contribution in [0.2, 0.25) is 18.1 Å². The second-order valence-corrected chi connectivity index (χ2v) is 9.92. The molecule has 0 bridgehead atoms. The van der Waals surface area contributed by atoms with Crippen molar-refractivity contribution in [3.63, 3.8) is 0 Å². The Kier molecular flexibility index (Phi) is 4.57. The van der Waals surface area contributed by atoms with Gasteiger partial charge in [-0.25, -0.2) is 4.79 Å². The zero-order valence-electron chi connectivity index (χ0n) is 10.3. The van der Waals surface area contributed by atoms with Crippen molar-refractivity contribution in [1.29, 1.82) is 0 Å². The van der Waals surface area contributed by atoms with Crippen LogP contribution in [0.25, 0.3) is 0 Å². The van der Waals surface area contributed by atoms with Crippen LogP contribution in [0.4, 0.5) is 0 Å². The van der Waals surface area contributed by atoms with E-state index in [2.05, 4.69) is 0 Å². The van der Waals surface area contributed by atoms with E-state index in [1.54, 1.807) is 0 Å². The maximum atomic E-state index is 11.1. The molecule has 0 amide bonds. The van der Waals surface area contributed by atoms with Gasteiger partial charge in [0.05, 0.1) is 0 Å². The fourth-order valence-corrected chi connectivity index (χ4v) is 1.57. The third-order valence-corrected chi connectivity index (χ3v) is 7.30. The molecule has 0 saturated heterocycles. The maximum Gasteiger partial charge on any atom is 0.380 e. The molecule has 0 fully saturated rings. The monoisotopic (exact) mass is 246 g/mol. The molecule has 0 spiro atoms. The summed E-state index contributed by atoms with van der Waals surface area (Å²) in [5.74, 6) is -4.15. The normalized spacial score (nSPS) is 12.3. The number of carboxylic acid groups (broad SMARTS) is 1. The minimum Gasteiger partial charge on any atom is -0.475 e. The molecule has 0 saturated carbocycles.